The van der Waals surface area contributed by atoms with Crippen LogP contribution in [0.3, 0.4) is 0 Å². The molecule has 0 aliphatic heterocycles. The molecule has 5 heteroatoms. The van der Waals surface area contributed by atoms with Gasteiger partial charge < -0.3 is 15.4 Å². The Kier molecular flexibility index (Phi) is 5.19. The summed E-state index contributed by atoms with van der Waals surface area (Å²) in [4.78, 5) is 24.4. The van der Waals surface area contributed by atoms with Crippen molar-refractivity contribution >= 4 is 11.8 Å². The Labute approximate surface area is 103 Å². The topological polar surface area (TPSA) is 72.6 Å². The van der Waals surface area contributed by atoms with E-state index in [0.29, 0.717) is 11.4 Å². The van der Waals surface area contributed by atoms with Crippen LogP contribution in [0.2, 0.25) is 0 Å². The quantitative estimate of drug-likeness (QED) is 0.456. The summed E-state index contributed by atoms with van der Waals surface area (Å²) < 4.78 is 5.09. The van der Waals surface area contributed by atoms with Crippen molar-refractivity contribution in [1.29, 1.82) is 0 Å². The Bertz CT molecular complexity index is 336. The van der Waals surface area contributed by atoms with E-state index >= 15 is 0 Å². The van der Waals surface area contributed by atoms with Crippen molar-refractivity contribution in [3.8, 4) is 0 Å². The van der Waals surface area contributed by atoms with Crippen molar-refractivity contribution in [2.24, 2.45) is 11.1 Å². The molecule has 0 rings (SSSR count). The Morgan fingerprint density at radius 1 is 1.24 bits per heavy atom. The predicted octanol–water partition coefficient (Wildman–Crippen LogP) is 1.24. The molecule has 0 bridgehead atoms. The number of allylic oxidation sites excluding steroid dienone is 2. The second kappa shape index (κ2) is 5.70. The summed E-state index contributed by atoms with van der Waals surface area (Å²) in [6.07, 6.45) is 0. The van der Waals surface area contributed by atoms with E-state index in [1.807, 2.05) is 0 Å². The van der Waals surface area contributed by atoms with E-state index in [1.54, 1.807) is 34.7 Å². The van der Waals surface area contributed by atoms with Crippen LogP contribution in [0.25, 0.3) is 0 Å². The maximum atomic E-state index is 11.6. The molecule has 0 spiro atoms. The summed E-state index contributed by atoms with van der Waals surface area (Å²) >= 11 is 0. The number of rotatable bonds is 4. The summed E-state index contributed by atoms with van der Waals surface area (Å²) in [5.74, 6) is -0.471. The molecule has 0 amide bonds. The molecule has 2 N–H and O–H groups in total. The number of hydrogen-bond donors (Lipinski definition) is 1. The summed E-state index contributed by atoms with van der Waals surface area (Å²) in [6.45, 7) is 8.38. The van der Waals surface area contributed by atoms with Crippen molar-refractivity contribution < 1.29 is 14.3 Å². The van der Waals surface area contributed by atoms with Gasteiger partial charge in [-0.1, -0.05) is 0 Å². The zero-order valence-electron chi connectivity index (χ0n) is 11.5. The maximum absolute atomic E-state index is 11.6. The SMILES string of the molecule is CC(=O)/C(=C(\C)N)N(C)COC(=O)C(C)(C)C. The van der Waals surface area contributed by atoms with Gasteiger partial charge in [0.2, 0.25) is 0 Å². The van der Waals surface area contributed by atoms with Gasteiger partial charge in [0, 0.05) is 19.7 Å². The minimum Gasteiger partial charge on any atom is -0.444 e. The van der Waals surface area contributed by atoms with Gasteiger partial charge in [-0.25, -0.2) is 0 Å². The first-order chi connectivity index (χ1) is 7.57. The number of carbonyl (C=O) groups is 2. The monoisotopic (exact) mass is 242 g/mol. The minimum atomic E-state index is -0.557. The van der Waals surface area contributed by atoms with Crippen LogP contribution >= 0.6 is 0 Å². The first-order valence-corrected chi connectivity index (χ1v) is 5.43. The van der Waals surface area contributed by atoms with Crippen molar-refractivity contribution in [2.75, 3.05) is 13.8 Å². The van der Waals surface area contributed by atoms with Gasteiger partial charge in [0.05, 0.1) is 5.41 Å². The largest absolute Gasteiger partial charge is 0.444 e. The van der Waals surface area contributed by atoms with Gasteiger partial charge >= 0.3 is 5.97 Å². The van der Waals surface area contributed by atoms with E-state index in [-0.39, 0.29) is 18.5 Å². The summed E-state index contributed by atoms with van der Waals surface area (Å²) in [6, 6.07) is 0. The second-order valence-corrected chi connectivity index (χ2v) is 5.10. The lowest BCUT2D eigenvalue weighted by Gasteiger charge is -2.24. The van der Waals surface area contributed by atoms with Crippen LogP contribution in [0.5, 0.6) is 0 Å². The van der Waals surface area contributed by atoms with Gasteiger partial charge in [-0.3, -0.25) is 9.59 Å². The molecule has 0 saturated carbocycles. The number of ether oxygens (including phenoxy) is 1. The number of Topliss-reactive ketones (excluding diaryl/α,β-unsaturated/α-hetero) is 1. The third kappa shape index (κ3) is 4.89. The Morgan fingerprint density at radius 3 is 2.00 bits per heavy atom. The molecule has 0 unspecified atom stereocenters. The zero-order valence-corrected chi connectivity index (χ0v) is 11.5. The van der Waals surface area contributed by atoms with Crippen LogP contribution in [-0.2, 0) is 14.3 Å². The average Bonchev–Trinajstić information content (AvgIpc) is 2.11. The van der Waals surface area contributed by atoms with Gasteiger partial charge in [-0.05, 0) is 27.7 Å². The molecule has 0 saturated heterocycles. The standard InChI is InChI=1S/C12H22N2O3/c1-8(13)10(9(2)15)14(6)7-17-11(16)12(3,4)5/h7,13H2,1-6H3/b10-8-. The number of ketones is 1. The molecule has 0 fully saturated rings. The highest BCUT2D eigenvalue weighted by atomic mass is 16.5. The van der Waals surface area contributed by atoms with E-state index in [9.17, 15) is 9.59 Å². The van der Waals surface area contributed by atoms with E-state index in [4.69, 9.17) is 10.5 Å². The number of nitrogens with zero attached hydrogens (tertiary/aromatic N) is 1. The van der Waals surface area contributed by atoms with Crippen LogP contribution in [0.15, 0.2) is 11.4 Å². The predicted molar refractivity (Wildman–Crippen MR) is 65.7 cm³/mol. The van der Waals surface area contributed by atoms with Crippen molar-refractivity contribution in [2.45, 2.75) is 34.6 Å². The van der Waals surface area contributed by atoms with Gasteiger partial charge in [0.15, 0.2) is 12.5 Å². The highest BCUT2D eigenvalue weighted by Gasteiger charge is 2.24. The molecule has 0 atom stereocenters. The van der Waals surface area contributed by atoms with Crippen molar-refractivity contribution in [1.82, 2.24) is 4.90 Å². The molecule has 0 radical (unpaired) electrons. The minimum absolute atomic E-state index is 0.0134. The van der Waals surface area contributed by atoms with Crippen LogP contribution in [0, 0.1) is 5.41 Å². The van der Waals surface area contributed by atoms with Gasteiger partial charge in [0.25, 0.3) is 0 Å². The molecular formula is C12H22N2O3. The Balaban J connectivity index is 4.57. The fourth-order valence-electron chi connectivity index (χ4n) is 1.28. The van der Waals surface area contributed by atoms with Crippen LogP contribution < -0.4 is 5.73 Å². The zero-order chi connectivity index (χ0) is 13.8. The number of likely N-dealkylation sites (N-methyl/N-ethyl adjacent to an activating group) is 1. The lowest BCUT2D eigenvalue weighted by Crippen LogP contribution is -2.32. The number of carbonyl (C=O) groups excluding carboxylic acids is 2. The molecule has 0 aromatic rings. The van der Waals surface area contributed by atoms with E-state index in [0.717, 1.165) is 0 Å². The molecule has 17 heavy (non-hydrogen) atoms. The molecule has 0 heterocycles. The van der Waals surface area contributed by atoms with Crippen molar-refractivity contribution in [3.05, 3.63) is 11.4 Å². The van der Waals surface area contributed by atoms with Gasteiger partial charge in [0.1, 0.15) is 5.70 Å². The lowest BCUT2D eigenvalue weighted by atomic mass is 9.98. The van der Waals surface area contributed by atoms with Gasteiger partial charge in [-0.15, -0.1) is 0 Å². The van der Waals surface area contributed by atoms with E-state index in [2.05, 4.69) is 0 Å². The van der Waals surface area contributed by atoms with Crippen LogP contribution in [0.1, 0.15) is 34.6 Å². The molecule has 0 aliphatic rings. The Morgan fingerprint density at radius 2 is 1.71 bits per heavy atom. The second-order valence-electron chi connectivity index (χ2n) is 5.10. The number of nitrogens with two attached hydrogens (primary N) is 1. The van der Waals surface area contributed by atoms with E-state index < -0.39 is 5.41 Å². The smallest absolute Gasteiger partial charge is 0.312 e. The van der Waals surface area contributed by atoms with E-state index in [1.165, 1.54) is 11.8 Å². The summed E-state index contributed by atoms with van der Waals surface area (Å²) in [5, 5.41) is 0. The molecule has 0 aromatic heterocycles. The third-order valence-corrected chi connectivity index (χ3v) is 2.09. The van der Waals surface area contributed by atoms with Gasteiger partial charge in [-0.2, -0.15) is 0 Å². The lowest BCUT2D eigenvalue weighted by molar-refractivity contribution is -0.156. The van der Waals surface area contributed by atoms with Crippen molar-refractivity contribution in [3.63, 3.8) is 0 Å². The Hall–Kier alpha value is -1.52. The van der Waals surface area contributed by atoms with Crippen LogP contribution in [-0.4, -0.2) is 30.4 Å². The maximum Gasteiger partial charge on any atom is 0.312 e. The molecule has 0 aliphatic carbocycles. The van der Waals surface area contributed by atoms with Crippen LogP contribution in [0.4, 0.5) is 0 Å². The average molecular weight is 242 g/mol. The fraction of sp³-hybridized carbons (Fsp3) is 0.667. The molecular weight excluding hydrogens is 220 g/mol. The fourth-order valence-corrected chi connectivity index (χ4v) is 1.28. The molecule has 0 aromatic carbocycles. The molecule has 5 nitrogen and oxygen atoms in total. The third-order valence-electron chi connectivity index (χ3n) is 2.09. The first kappa shape index (κ1) is 15.5. The summed E-state index contributed by atoms with van der Waals surface area (Å²) in [7, 11) is 1.66. The molecule has 98 valence electrons. The number of esters is 1. The first-order valence-electron chi connectivity index (χ1n) is 5.43. The normalized spacial score (nSPS) is 12.8. The highest BCUT2D eigenvalue weighted by molar-refractivity contribution is 5.93. The highest BCUT2D eigenvalue weighted by Crippen LogP contribution is 2.16. The number of hydrogen-bond acceptors (Lipinski definition) is 5. The summed E-state index contributed by atoms with van der Waals surface area (Å²) in [5.41, 5.74) is 5.83.